The lowest BCUT2D eigenvalue weighted by molar-refractivity contribution is -0.0268. The molecule has 18 heavy (non-hydrogen) atoms. The van der Waals surface area contributed by atoms with Crippen LogP contribution >= 0.6 is 0 Å². The molecule has 0 saturated heterocycles. The largest absolute Gasteiger partial charge is 0.490 e. The first-order valence-corrected chi connectivity index (χ1v) is 6.36. The second-order valence-electron chi connectivity index (χ2n) is 5.07. The van der Waals surface area contributed by atoms with Crippen molar-refractivity contribution in [3.63, 3.8) is 0 Å². The number of aliphatic hydroxyl groups is 1. The maximum atomic E-state index is 11.8. The first-order chi connectivity index (χ1) is 8.38. The van der Waals surface area contributed by atoms with Crippen LogP contribution in [0.5, 0.6) is 5.75 Å². The van der Waals surface area contributed by atoms with Crippen molar-refractivity contribution in [1.29, 1.82) is 0 Å². The highest BCUT2D eigenvalue weighted by molar-refractivity contribution is 5.98. The highest BCUT2D eigenvalue weighted by Gasteiger charge is 2.26. The van der Waals surface area contributed by atoms with E-state index in [1.165, 1.54) is 0 Å². The van der Waals surface area contributed by atoms with Gasteiger partial charge >= 0.3 is 0 Å². The maximum absolute atomic E-state index is 11.8. The van der Waals surface area contributed by atoms with Gasteiger partial charge in [-0.25, -0.2) is 0 Å². The monoisotopic (exact) mass is 250 g/mol. The van der Waals surface area contributed by atoms with Gasteiger partial charge in [-0.05, 0) is 25.0 Å². The standard InChI is InChI=1S/C15H22O3/c1-5-13(16)12-8-6-7-9-14(12)18-10-15(4,17)11(2)3/h6-9,11,17H,5,10H2,1-4H3. The molecule has 0 aliphatic carbocycles. The third-order valence-electron chi connectivity index (χ3n) is 3.27. The van der Waals surface area contributed by atoms with E-state index in [1.54, 1.807) is 19.1 Å². The van der Waals surface area contributed by atoms with Crippen LogP contribution in [0.3, 0.4) is 0 Å². The van der Waals surface area contributed by atoms with E-state index in [9.17, 15) is 9.90 Å². The zero-order valence-electron chi connectivity index (χ0n) is 11.6. The number of para-hydroxylation sites is 1. The SMILES string of the molecule is CCC(=O)c1ccccc1OCC(C)(O)C(C)C. The summed E-state index contributed by atoms with van der Waals surface area (Å²) in [6.07, 6.45) is 0.445. The van der Waals surface area contributed by atoms with Gasteiger partial charge in [-0.3, -0.25) is 4.79 Å². The Morgan fingerprint density at radius 1 is 1.39 bits per heavy atom. The smallest absolute Gasteiger partial charge is 0.166 e. The van der Waals surface area contributed by atoms with Gasteiger partial charge in [0.25, 0.3) is 0 Å². The molecule has 1 aromatic carbocycles. The maximum Gasteiger partial charge on any atom is 0.166 e. The number of hydrogen-bond acceptors (Lipinski definition) is 3. The molecule has 0 radical (unpaired) electrons. The normalized spacial score (nSPS) is 14.3. The number of rotatable bonds is 6. The van der Waals surface area contributed by atoms with Gasteiger partial charge in [0, 0.05) is 6.42 Å². The quantitative estimate of drug-likeness (QED) is 0.789. The molecule has 0 heterocycles. The van der Waals surface area contributed by atoms with Crippen molar-refractivity contribution in [2.45, 2.75) is 39.7 Å². The van der Waals surface area contributed by atoms with Crippen LogP contribution < -0.4 is 4.74 Å². The fourth-order valence-electron chi connectivity index (χ4n) is 1.40. The van der Waals surface area contributed by atoms with Gasteiger partial charge in [0.15, 0.2) is 5.78 Å². The summed E-state index contributed by atoms with van der Waals surface area (Å²) in [6, 6.07) is 7.16. The molecule has 0 fully saturated rings. The van der Waals surface area contributed by atoms with E-state index in [4.69, 9.17) is 4.74 Å². The first-order valence-electron chi connectivity index (χ1n) is 6.36. The lowest BCUT2D eigenvalue weighted by Gasteiger charge is -2.27. The van der Waals surface area contributed by atoms with E-state index in [0.29, 0.717) is 17.7 Å². The second kappa shape index (κ2) is 6.01. The molecule has 1 atom stereocenters. The fourth-order valence-corrected chi connectivity index (χ4v) is 1.40. The molecule has 0 aromatic heterocycles. The van der Waals surface area contributed by atoms with E-state index in [1.807, 2.05) is 32.9 Å². The summed E-state index contributed by atoms with van der Waals surface area (Å²) < 4.78 is 5.62. The lowest BCUT2D eigenvalue weighted by atomic mass is 9.94. The third kappa shape index (κ3) is 3.57. The molecule has 0 aliphatic rings. The zero-order chi connectivity index (χ0) is 13.8. The number of benzene rings is 1. The molecule has 0 saturated carbocycles. The number of carbonyl (C=O) groups is 1. The molecular formula is C15H22O3. The average Bonchev–Trinajstić information content (AvgIpc) is 2.35. The fraction of sp³-hybridized carbons (Fsp3) is 0.533. The number of hydrogen-bond donors (Lipinski definition) is 1. The summed E-state index contributed by atoms with van der Waals surface area (Å²) in [7, 11) is 0. The Labute approximate surface area is 109 Å². The highest BCUT2D eigenvalue weighted by Crippen LogP contribution is 2.23. The molecule has 0 spiro atoms. The predicted octanol–water partition coefficient (Wildman–Crippen LogP) is 3.07. The summed E-state index contributed by atoms with van der Waals surface area (Å²) in [4.78, 5) is 11.8. The van der Waals surface area contributed by atoms with Gasteiger partial charge in [-0.1, -0.05) is 32.9 Å². The summed E-state index contributed by atoms with van der Waals surface area (Å²) in [5, 5.41) is 10.1. The van der Waals surface area contributed by atoms with Crippen LogP contribution in [0, 0.1) is 5.92 Å². The van der Waals surface area contributed by atoms with Crippen LogP contribution in [0.2, 0.25) is 0 Å². The molecule has 1 aromatic rings. The summed E-state index contributed by atoms with van der Waals surface area (Å²) in [6.45, 7) is 7.61. The van der Waals surface area contributed by atoms with Crippen LogP contribution in [-0.2, 0) is 0 Å². The number of ether oxygens (including phenoxy) is 1. The van der Waals surface area contributed by atoms with Crippen molar-refractivity contribution in [3.8, 4) is 5.75 Å². The Bertz CT molecular complexity index is 408. The van der Waals surface area contributed by atoms with Crippen LogP contribution in [0.25, 0.3) is 0 Å². The van der Waals surface area contributed by atoms with Crippen LogP contribution in [0.1, 0.15) is 44.5 Å². The van der Waals surface area contributed by atoms with Gasteiger partial charge in [-0.2, -0.15) is 0 Å². The Kier molecular flexibility index (Phi) is 4.91. The third-order valence-corrected chi connectivity index (χ3v) is 3.27. The molecule has 1 N–H and O–H groups in total. The molecule has 0 bridgehead atoms. The molecule has 1 rings (SSSR count). The Balaban J connectivity index is 2.82. The minimum Gasteiger partial charge on any atom is -0.490 e. The molecule has 1 unspecified atom stereocenters. The topological polar surface area (TPSA) is 46.5 Å². The van der Waals surface area contributed by atoms with Gasteiger partial charge in [0.1, 0.15) is 12.4 Å². The molecule has 0 aliphatic heterocycles. The van der Waals surface area contributed by atoms with Crippen LogP contribution in [-0.4, -0.2) is 23.1 Å². The van der Waals surface area contributed by atoms with Crippen LogP contribution in [0.4, 0.5) is 0 Å². The van der Waals surface area contributed by atoms with Crippen molar-refractivity contribution in [2.75, 3.05) is 6.61 Å². The average molecular weight is 250 g/mol. The van der Waals surface area contributed by atoms with E-state index >= 15 is 0 Å². The first kappa shape index (κ1) is 14.7. The van der Waals surface area contributed by atoms with E-state index < -0.39 is 5.60 Å². The molecule has 100 valence electrons. The Morgan fingerprint density at radius 2 is 2.00 bits per heavy atom. The van der Waals surface area contributed by atoms with Gasteiger partial charge in [-0.15, -0.1) is 0 Å². The van der Waals surface area contributed by atoms with Gasteiger partial charge in [0.2, 0.25) is 0 Å². The van der Waals surface area contributed by atoms with Crippen molar-refractivity contribution < 1.29 is 14.6 Å². The van der Waals surface area contributed by atoms with Gasteiger partial charge in [0.05, 0.1) is 11.2 Å². The highest BCUT2D eigenvalue weighted by atomic mass is 16.5. The Hall–Kier alpha value is -1.35. The Morgan fingerprint density at radius 3 is 2.56 bits per heavy atom. The second-order valence-corrected chi connectivity index (χ2v) is 5.07. The number of ketones is 1. The molecule has 3 nitrogen and oxygen atoms in total. The summed E-state index contributed by atoms with van der Waals surface area (Å²) >= 11 is 0. The molecule has 3 heteroatoms. The predicted molar refractivity (Wildman–Crippen MR) is 72.0 cm³/mol. The summed E-state index contributed by atoms with van der Waals surface area (Å²) in [5.41, 5.74) is -0.318. The van der Waals surface area contributed by atoms with Gasteiger partial charge < -0.3 is 9.84 Å². The number of carbonyl (C=O) groups excluding carboxylic acids is 1. The lowest BCUT2D eigenvalue weighted by Crippen LogP contribution is -2.38. The molecule has 0 amide bonds. The molecular weight excluding hydrogens is 228 g/mol. The van der Waals surface area contributed by atoms with Crippen molar-refractivity contribution in [3.05, 3.63) is 29.8 Å². The van der Waals surface area contributed by atoms with E-state index in [0.717, 1.165) is 0 Å². The minimum absolute atomic E-state index is 0.0507. The summed E-state index contributed by atoms with van der Waals surface area (Å²) in [5.74, 6) is 0.687. The zero-order valence-corrected chi connectivity index (χ0v) is 11.6. The minimum atomic E-state index is -0.900. The van der Waals surface area contributed by atoms with E-state index in [2.05, 4.69) is 0 Å². The van der Waals surface area contributed by atoms with E-state index in [-0.39, 0.29) is 18.3 Å². The van der Waals surface area contributed by atoms with Crippen molar-refractivity contribution in [2.24, 2.45) is 5.92 Å². The van der Waals surface area contributed by atoms with Crippen molar-refractivity contribution in [1.82, 2.24) is 0 Å². The van der Waals surface area contributed by atoms with Crippen molar-refractivity contribution >= 4 is 5.78 Å². The van der Waals surface area contributed by atoms with Crippen LogP contribution in [0.15, 0.2) is 24.3 Å². The number of Topliss-reactive ketones (excluding diaryl/α,β-unsaturated/α-hetero) is 1.